The van der Waals surface area contributed by atoms with Crippen LogP contribution in [0, 0.1) is 13.8 Å². The number of nitrogens with zero attached hydrogens (tertiary/aromatic N) is 2. The fraction of sp³-hybridized carbons (Fsp3) is 0.208. The molecule has 1 N–H and O–H groups in total. The fourth-order valence-corrected chi connectivity index (χ4v) is 4.37. The van der Waals surface area contributed by atoms with E-state index in [1.807, 2.05) is 74.7 Å². The van der Waals surface area contributed by atoms with Gasteiger partial charge < -0.3 is 5.32 Å². The zero-order valence-corrected chi connectivity index (χ0v) is 18.0. The van der Waals surface area contributed by atoms with Gasteiger partial charge in [0.1, 0.15) is 6.04 Å². The molecule has 0 fully saturated rings. The number of benzene rings is 2. The molecule has 6 heteroatoms. The van der Waals surface area contributed by atoms with Gasteiger partial charge in [0.05, 0.1) is 11.2 Å². The predicted molar refractivity (Wildman–Crippen MR) is 123 cm³/mol. The predicted octanol–water partition coefficient (Wildman–Crippen LogP) is 5.33. The number of fused-ring (bicyclic) bond motifs is 1. The second-order valence-corrected chi connectivity index (χ2v) is 8.23. The SMILES string of the molecule is CCC(C(=O)Nc1nc(-c2ccc(C)cc2)cs1)n1c(=O)cc(C)c2ccccc21. The highest BCUT2D eigenvalue weighted by atomic mass is 32.1. The Labute approximate surface area is 179 Å². The number of aromatic nitrogens is 2. The third-order valence-electron chi connectivity index (χ3n) is 5.25. The number of carbonyl (C=O) groups excluding carboxylic acids is 1. The Bertz CT molecular complexity index is 1270. The van der Waals surface area contributed by atoms with Crippen LogP contribution in [-0.2, 0) is 4.79 Å². The van der Waals surface area contributed by atoms with Crippen LogP contribution in [0.15, 0.2) is 64.8 Å². The van der Waals surface area contributed by atoms with Crippen molar-refractivity contribution in [3.63, 3.8) is 0 Å². The van der Waals surface area contributed by atoms with E-state index in [1.165, 1.54) is 16.9 Å². The van der Waals surface area contributed by atoms with Gasteiger partial charge in [0, 0.05) is 22.4 Å². The van der Waals surface area contributed by atoms with Crippen LogP contribution in [0.25, 0.3) is 22.2 Å². The molecule has 1 amide bonds. The Hall–Kier alpha value is -3.25. The summed E-state index contributed by atoms with van der Waals surface area (Å²) >= 11 is 1.38. The molecule has 1 atom stereocenters. The maximum absolute atomic E-state index is 13.1. The van der Waals surface area contributed by atoms with Gasteiger partial charge in [-0.1, -0.05) is 55.0 Å². The van der Waals surface area contributed by atoms with Crippen LogP contribution in [-0.4, -0.2) is 15.5 Å². The van der Waals surface area contributed by atoms with Gasteiger partial charge in [0.25, 0.3) is 5.56 Å². The number of thiazole rings is 1. The van der Waals surface area contributed by atoms with E-state index >= 15 is 0 Å². The highest BCUT2D eigenvalue weighted by Crippen LogP contribution is 2.27. The number of rotatable bonds is 5. The molecule has 152 valence electrons. The first-order valence-electron chi connectivity index (χ1n) is 9.92. The van der Waals surface area contributed by atoms with Gasteiger partial charge in [-0.15, -0.1) is 11.3 Å². The maximum atomic E-state index is 13.1. The first-order valence-corrected chi connectivity index (χ1v) is 10.8. The lowest BCUT2D eigenvalue weighted by molar-refractivity contribution is -0.119. The molecule has 0 aliphatic rings. The highest BCUT2D eigenvalue weighted by Gasteiger charge is 2.23. The summed E-state index contributed by atoms with van der Waals surface area (Å²) in [5.41, 5.74) is 4.51. The van der Waals surface area contributed by atoms with Crippen molar-refractivity contribution in [3.8, 4) is 11.3 Å². The van der Waals surface area contributed by atoms with Crippen molar-refractivity contribution in [1.82, 2.24) is 9.55 Å². The van der Waals surface area contributed by atoms with Gasteiger partial charge >= 0.3 is 0 Å². The van der Waals surface area contributed by atoms with Crippen molar-refractivity contribution < 1.29 is 4.79 Å². The van der Waals surface area contributed by atoms with E-state index in [1.54, 1.807) is 10.6 Å². The van der Waals surface area contributed by atoms with Gasteiger partial charge in [-0.2, -0.15) is 0 Å². The van der Waals surface area contributed by atoms with E-state index in [0.717, 1.165) is 27.7 Å². The Morgan fingerprint density at radius 2 is 1.87 bits per heavy atom. The highest BCUT2D eigenvalue weighted by molar-refractivity contribution is 7.14. The molecule has 5 nitrogen and oxygen atoms in total. The smallest absolute Gasteiger partial charge is 0.252 e. The van der Waals surface area contributed by atoms with E-state index in [2.05, 4.69) is 10.3 Å². The second kappa shape index (κ2) is 8.24. The lowest BCUT2D eigenvalue weighted by Gasteiger charge is -2.20. The molecule has 2 aromatic carbocycles. The maximum Gasteiger partial charge on any atom is 0.252 e. The van der Waals surface area contributed by atoms with Gasteiger partial charge in [-0.3, -0.25) is 14.2 Å². The molecule has 0 aliphatic heterocycles. The van der Waals surface area contributed by atoms with Crippen LogP contribution < -0.4 is 10.9 Å². The molecule has 4 aromatic rings. The van der Waals surface area contributed by atoms with E-state index in [0.29, 0.717) is 11.6 Å². The summed E-state index contributed by atoms with van der Waals surface area (Å²) in [6.45, 7) is 5.86. The molecule has 2 heterocycles. The molecule has 0 saturated carbocycles. The number of para-hydroxylation sites is 1. The summed E-state index contributed by atoms with van der Waals surface area (Å²) in [5, 5.41) is 6.33. The monoisotopic (exact) mass is 417 g/mol. The quantitative estimate of drug-likeness (QED) is 0.477. The van der Waals surface area contributed by atoms with Crippen molar-refractivity contribution in [1.29, 1.82) is 0 Å². The summed E-state index contributed by atoms with van der Waals surface area (Å²) in [6.07, 6.45) is 0.495. The number of nitrogens with one attached hydrogen (secondary N) is 1. The van der Waals surface area contributed by atoms with E-state index < -0.39 is 6.04 Å². The standard InChI is InChI=1S/C24H23N3O2S/c1-4-20(27-21-8-6-5-7-18(21)16(3)13-22(27)28)23(29)26-24-25-19(14-30-24)17-11-9-15(2)10-12-17/h5-14,20H,4H2,1-3H3,(H,25,26,29). The molecule has 2 aromatic heterocycles. The fourth-order valence-electron chi connectivity index (χ4n) is 3.65. The third-order valence-corrected chi connectivity index (χ3v) is 6.01. The van der Waals surface area contributed by atoms with Crippen molar-refractivity contribution in [2.45, 2.75) is 33.2 Å². The van der Waals surface area contributed by atoms with E-state index in [-0.39, 0.29) is 11.5 Å². The molecule has 1 unspecified atom stereocenters. The van der Waals surface area contributed by atoms with Crippen LogP contribution in [0.4, 0.5) is 5.13 Å². The summed E-state index contributed by atoms with van der Waals surface area (Å²) in [5.74, 6) is -0.238. The van der Waals surface area contributed by atoms with Crippen molar-refractivity contribution in [2.75, 3.05) is 5.32 Å². The van der Waals surface area contributed by atoms with E-state index in [4.69, 9.17) is 0 Å². The molecule has 0 bridgehead atoms. The number of pyridine rings is 1. The Morgan fingerprint density at radius 3 is 2.60 bits per heavy atom. The summed E-state index contributed by atoms with van der Waals surface area (Å²) in [7, 11) is 0. The summed E-state index contributed by atoms with van der Waals surface area (Å²) in [6, 6.07) is 16.8. The first kappa shape index (κ1) is 20.0. The van der Waals surface area contributed by atoms with Crippen LogP contribution in [0.3, 0.4) is 0 Å². The Balaban J connectivity index is 1.64. The normalized spacial score (nSPS) is 12.1. The number of carbonyl (C=O) groups is 1. The van der Waals surface area contributed by atoms with Crippen LogP contribution in [0.1, 0.15) is 30.5 Å². The zero-order valence-electron chi connectivity index (χ0n) is 17.2. The number of hydrogen-bond acceptors (Lipinski definition) is 4. The molecule has 30 heavy (non-hydrogen) atoms. The van der Waals surface area contributed by atoms with Gasteiger partial charge in [-0.05, 0) is 31.9 Å². The number of aryl methyl sites for hydroxylation is 2. The van der Waals surface area contributed by atoms with Crippen LogP contribution >= 0.6 is 11.3 Å². The summed E-state index contributed by atoms with van der Waals surface area (Å²) in [4.78, 5) is 30.5. The molecular formula is C24H23N3O2S. The van der Waals surface area contributed by atoms with Gasteiger partial charge in [0.15, 0.2) is 5.13 Å². The van der Waals surface area contributed by atoms with Crippen LogP contribution in [0.2, 0.25) is 0 Å². The minimum absolute atomic E-state index is 0.173. The number of anilines is 1. The lowest BCUT2D eigenvalue weighted by Crippen LogP contribution is -2.33. The minimum atomic E-state index is -0.616. The largest absolute Gasteiger partial charge is 0.300 e. The molecule has 0 spiro atoms. The number of hydrogen-bond donors (Lipinski definition) is 1. The lowest BCUT2D eigenvalue weighted by atomic mass is 10.1. The molecule has 0 radical (unpaired) electrons. The average molecular weight is 418 g/mol. The van der Waals surface area contributed by atoms with Crippen molar-refractivity contribution in [3.05, 3.63) is 81.5 Å². The van der Waals surface area contributed by atoms with Crippen molar-refractivity contribution in [2.24, 2.45) is 0 Å². The molecular weight excluding hydrogens is 394 g/mol. The van der Waals surface area contributed by atoms with E-state index in [9.17, 15) is 9.59 Å². The van der Waals surface area contributed by atoms with Gasteiger partial charge in [0.2, 0.25) is 5.91 Å². The topological polar surface area (TPSA) is 64.0 Å². The third kappa shape index (κ3) is 3.78. The molecule has 4 rings (SSSR count). The average Bonchev–Trinajstić information content (AvgIpc) is 3.20. The summed E-state index contributed by atoms with van der Waals surface area (Å²) < 4.78 is 1.59. The van der Waals surface area contributed by atoms with Gasteiger partial charge in [-0.25, -0.2) is 4.98 Å². The van der Waals surface area contributed by atoms with Crippen molar-refractivity contribution >= 4 is 33.3 Å². The molecule has 0 saturated heterocycles. The van der Waals surface area contributed by atoms with Crippen LogP contribution in [0.5, 0.6) is 0 Å². The molecule has 0 aliphatic carbocycles. The second-order valence-electron chi connectivity index (χ2n) is 7.37. The Kier molecular flexibility index (Phi) is 5.50. The first-order chi connectivity index (χ1) is 14.5. The zero-order chi connectivity index (χ0) is 21.3. The number of amides is 1. The Morgan fingerprint density at radius 1 is 1.13 bits per heavy atom. The minimum Gasteiger partial charge on any atom is -0.300 e.